The van der Waals surface area contributed by atoms with Gasteiger partial charge >= 0.3 is 6.80 Å². The fourth-order valence-corrected chi connectivity index (χ4v) is 5.48. The molecule has 0 heterocycles. The Balaban J connectivity index is 2.93. The zero-order chi connectivity index (χ0) is 15.9. The SMILES string of the molecule is C=C(Cl)Cc1ccccc1OP(=O)(OCC)SCC(C)C. The first-order valence-electron chi connectivity index (χ1n) is 6.86. The second kappa shape index (κ2) is 8.89. The van der Waals surface area contributed by atoms with Crippen LogP contribution < -0.4 is 4.52 Å². The van der Waals surface area contributed by atoms with Gasteiger partial charge in [0.15, 0.2) is 0 Å². The highest BCUT2D eigenvalue weighted by Gasteiger charge is 2.28. The molecule has 0 aliphatic rings. The average molecular weight is 349 g/mol. The smallest absolute Gasteiger partial charge is 0.417 e. The number of para-hydroxylation sites is 1. The Hall–Kier alpha value is -0.410. The molecule has 0 saturated heterocycles. The minimum atomic E-state index is -3.22. The molecule has 0 bridgehead atoms. The van der Waals surface area contributed by atoms with E-state index in [1.807, 2.05) is 18.2 Å². The Labute approximate surface area is 136 Å². The van der Waals surface area contributed by atoms with E-state index < -0.39 is 6.80 Å². The van der Waals surface area contributed by atoms with Crippen LogP contribution in [-0.2, 0) is 15.5 Å². The molecule has 0 N–H and O–H groups in total. The first-order valence-corrected chi connectivity index (χ1v) is 10.4. The largest absolute Gasteiger partial charge is 0.440 e. The Kier molecular flexibility index (Phi) is 7.89. The lowest BCUT2D eigenvalue weighted by molar-refractivity contribution is 0.295. The van der Waals surface area contributed by atoms with Gasteiger partial charge < -0.3 is 4.52 Å². The summed E-state index contributed by atoms with van der Waals surface area (Å²) in [7, 11) is 0. The monoisotopic (exact) mass is 348 g/mol. The summed E-state index contributed by atoms with van der Waals surface area (Å²) in [4.78, 5) is 0. The second-order valence-electron chi connectivity index (χ2n) is 4.95. The van der Waals surface area contributed by atoms with Crippen molar-refractivity contribution in [1.82, 2.24) is 0 Å². The number of hydrogen-bond donors (Lipinski definition) is 0. The van der Waals surface area contributed by atoms with Gasteiger partial charge in [0.25, 0.3) is 0 Å². The van der Waals surface area contributed by atoms with E-state index in [1.54, 1.807) is 13.0 Å². The molecule has 1 aromatic carbocycles. The van der Waals surface area contributed by atoms with E-state index in [-0.39, 0.29) is 0 Å². The number of rotatable bonds is 9. The van der Waals surface area contributed by atoms with Gasteiger partial charge in [-0.2, -0.15) is 0 Å². The molecule has 0 aliphatic heterocycles. The maximum absolute atomic E-state index is 12.8. The molecule has 6 heteroatoms. The van der Waals surface area contributed by atoms with E-state index in [0.29, 0.717) is 35.5 Å². The summed E-state index contributed by atoms with van der Waals surface area (Å²) in [5.74, 6) is 1.65. The van der Waals surface area contributed by atoms with Crippen molar-refractivity contribution in [2.45, 2.75) is 27.2 Å². The van der Waals surface area contributed by atoms with Gasteiger partial charge in [-0.1, -0.05) is 50.2 Å². The molecule has 0 radical (unpaired) electrons. The van der Waals surface area contributed by atoms with E-state index in [0.717, 1.165) is 5.56 Å². The Bertz CT molecular complexity index is 519. The van der Waals surface area contributed by atoms with Gasteiger partial charge in [-0.15, -0.1) is 0 Å². The van der Waals surface area contributed by atoms with Crippen LogP contribution >= 0.6 is 29.8 Å². The maximum Gasteiger partial charge on any atom is 0.440 e. The fraction of sp³-hybridized carbons (Fsp3) is 0.467. The lowest BCUT2D eigenvalue weighted by Gasteiger charge is -2.20. The first kappa shape index (κ1) is 18.6. The van der Waals surface area contributed by atoms with Crippen molar-refractivity contribution in [3.05, 3.63) is 41.4 Å². The molecular formula is C15H22ClO3PS. The average Bonchev–Trinajstić information content (AvgIpc) is 2.39. The Morgan fingerprint density at radius 3 is 2.67 bits per heavy atom. The molecule has 0 spiro atoms. The van der Waals surface area contributed by atoms with Crippen LogP contribution in [0.2, 0.25) is 0 Å². The van der Waals surface area contributed by atoms with Crippen LogP contribution in [0.5, 0.6) is 5.75 Å². The quantitative estimate of drug-likeness (QED) is 0.521. The Morgan fingerprint density at radius 2 is 2.10 bits per heavy atom. The summed E-state index contributed by atoms with van der Waals surface area (Å²) in [6, 6.07) is 7.37. The van der Waals surface area contributed by atoms with Crippen LogP contribution in [0.1, 0.15) is 26.3 Å². The van der Waals surface area contributed by atoms with Gasteiger partial charge in [0.05, 0.1) is 6.61 Å². The van der Waals surface area contributed by atoms with Crippen LogP contribution in [-0.4, -0.2) is 12.4 Å². The molecule has 0 amide bonds. The lowest BCUT2D eigenvalue weighted by atomic mass is 10.1. The third kappa shape index (κ3) is 6.92. The van der Waals surface area contributed by atoms with Gasteiger partial charge in [0.1, 0.15) is 5.75 Å². The van der Waals surface area contributed by atoms with E-state index >= 15 is 0 Å². The molecule has 1 aromatic rings. The summed E-state index contributed by atoms with van der Waals surface area (Å²) < 4.78 is 23.9. The van der Waals surface area contributed by atoms with Gasteiger partial charge in [-0.3, -0.25) is 4.52 Å². The highest BCUT2D eigenvalue weighted by Crippen LogP contribution is 2.60. The van der Waals surface area contributed by atoms with Crippen LogP contribution in [0, 0.1) is 5.92 Å². The molecular weight excluding hydrogens is 327 g/mol. The minimum absolute atomic E-state index is 0.340. The number of benzene rings is 1. The van der Waals surface area contributed by atoms with Gasteiger partial charge in [0.2, 0.25) is 0 Å². The summed E-state index contributed by atoms with van der Waals surface area (Å²) in [6.45, 7) is 6.74. The van der Waals surface area contributed by atoms with Gasteiger partial charge in [-0.25, -0.2) is 4.57 Å². The van der Waals surface area contributed by atoms with Crippen LogP contribution in [0.15, 0.2) is 35.9 Å². The van der Waals surface area contributed by atoms with E-state index in [9.17, 15) is 4.57 Å². The number of halogens is 1. The molecule has 0 fully saturated rings. The summed E-state index contributed by atoms with van der Waals surface area (Å²) >= 11 is 7.10. The summed E-state index contributed by atoms with van der Waals surface area (Å²) in [6.07, 6.45) is 0.471. The molecule has 0 aliphatic carbocycles. The summed E-state index contributed by atoms with van der Waals surface area (Å²) in [5, 5.41) is 0.507. The third-order valence-electron chi connectivity index (χ3n) is 2.42. The third-order valence-corrected chi connectivity index (χ3v) is 6.61. The van der Waals surface area contributed by atoms with Gasteiger partial charge in [0, 0.05) is 17.2 Å². The highest BCUT2D eigenvalue weighted by atomic mass is 35.5. The molecule has 118 valence electrons. The van der Waals surface area contributed by atoms with Crippen molar-refractivity contribution in [2.75, 3.05) is 12.4 Å². The molecule has 21 heavy (non-hydrogen) atoms. The van der Waals surface area contributed by atoms with Crippen LogP contribution in [0.25, 0.3) is 0 Å². The number of hydrogen-bond acceptors (Lipinski definition) is 4. The van der Waals surface area contributed by atoms with Crippen molar-refractivity contribution >= 4 is 29.8 Å². The lowest BCUT2D eigenvalue weighted by Crippen LogP contribution is -2.01. The normalized spacial score (nSPS) is 14.0. The van der Waals surface area contributed by atoms with Crippen molar-refractivity contribution < 1.29 is 13.6 Å². The van der Waals surface area contributed by atoms with Crippen molar-refractivity contribution in [2.24, 2.45) is 5.92 Å². The minimum Gasteiger partial charge on any atom is -0.417 e. The van der Waals surface area contributed by atoms with Crippen molar-refractivity contribution in [3.8, 4) is 5.75 Å². The second-order valence-corrected chi connectivity index (χ2v) is 9.53. The first-order chi connectivity index (χ1) is 9.86. The van der Waals surface area contributed by atoms with Crippen molar-refractivity contribution in [1.29, 1.82) is 0 Å². The standard InChI is InChI=1S/C15H22ClO3PS/c1-5-18-20(17,21-11-12(2)3)19-15-9-7-6-8-14(15)10-13(4)16/h6-9,12H,4-5,10-11H2,1-3H3. The van der Waals surface area contributed by atoms with Gasteiger partial charge in [-0.05, 0) is 35.9 Å². The fourth-order valence-electron chi connectivity index (χ4n) is 1.55. The predicted molar refractivity (Wildman–Crippen MR) is 92.3 cm³/mol. The highest BCUT2D eigenvalue weighted by molar-refractivity contribution is 8.55. The van der Waals surface area contributed by atoms with E-state index in [2.05, 4.69) is 20.4 Å². The molecule has 1 atom stereocenters. The van der Waals surface area contributed by atoms with Crippen LogP contribution in [0.3, 0.4) is 0 Å². The topological polar surface area (TPSA) is 35.5 Å². The number of allylic oxidation sites excluding steroid dienone is 1. The maximum atomic E-state index is 12.8. The Morgan fingerprint density at radius 1 is 1.43 bits per heavy atom. The van der Waals surface area contributed by atoms with E-state index in [1.165, 1.54) is 11.4 Å². The molecule has 0 saturated carbocycles. The zero-order valence-corrected chi connectivity index (χ0v) is 15.1. The van der Waals surface area contributed by atoms with Crippen LogP contribution in [0.4, 0.5) is 0 Å². The predicted octanol–water partition coefficient (Wildman–Crippen LogP) is 5.89. The summed E-state index contributed by atoms with van der Waals surface area (Å²) in [5.41, 5.74) is 0.850. The zero-order valence-electron chi connectivity index (χ0n) is 12.7. The molecule has 0 aromatic heterocycles. The molecule has 1 unspecified atom stereocenters. The molecule has 1 rings (SSSR count). The van der Waals surface area contributed by atoms with E-state index in [4.69, 9.17) is 20.6 Å². The van der Waals surface area contributed by atoms with Crippen molar-refractivity contribution in [3.63, 3.8) is 0 Å². The molecule has 3 nitrogen and oxygen atoms in total.